The standard InChI is InChI=1S/C17H23N3O5/c1-13-12-24-17(25-13)7-10-19(11-8-17)16(21)6-9-18-14-4-2-3-5-15(14)20(22)23/h2-5,13,18H,6-12H2,1H3/t13-/m1/s1. The summed E-state index contributed by atoms with van der Waals surface area (Å²) >= 11 is 0. The van der Waals surface area contributed by atoms with Crippen LogP contribution in [0.1, 0.15) is 26.2 Å². The highest BCUT2D eigenvalue weighted by Gasteiger charge is 2.43. The molecule has 3 rings (SSSR count). The Bertz CT molecular complexity index is 643. The van der Waals surface area contributed by atoms with Gasteiger partial charge in [0.25, 0.3) is 5.69 Å². The van der Waals surface area contributed by atoms with Crippen LogP contribution in [0.15, 0.2) is 24.3 Å². The number of rotatable bonds is 5. The summed E-state index contributed by atoms with van der Waals surface area (Å²) in [6.45, 7) is 4.16. The molecule has 1 N–H and O–H groups in total. The van der Waals surface area contributed by atoms with Crippen molar-refractivity contribution in [2.24, 2.45) is 0 Å². The van der Waals surface area contributed by atoms with Gasteiger partial charge in [-0.15, -0.1) is 0 Å². The molecule has 2 heterocycles. The number of nitrogens with zero attached hydrogens (tertiary/aromatic N) is 2. The number of hydrogen-bond donors (Lipinski definition) is 1. The predicted molar refractivity (Wildman–Crippen MR) is 91.2 cm³/mol. The minimum Gasteiger partial charge on any atom is -0.379 e. The van der Waals surface area contributed by atoms with Crippen molar-refractivity contribution >= 4 is 17.3 Å². The van der Waals surface area contributed by atoms with Crippen molar-refractivity contribution in [3.63, 3.8) is 0 Å². The third-order valence-corrected chi connectivity index (χ3v) is 4.63. The van der Waals surface area contributed by atoms with Gasteiger partial charge in [-0.2, -0.15) is 0 Å². The summed E-state index contributed by atoms with van der Waals surface area (Å²) in [5.41, 5.74) is 0.444. The summed E-state index contributed by atoms with van der Waals surface area (Å²) in [7, 11) is 0. The van der Waals surface area contributed by atoms with Crippen LogP contribution < -0.4 is 5.32 Å². The van der Waals surface area contributed by atoms with Crippen LogP contribution in [0.4, 0.5) is 11.4 Å². The monoisotopic (exact) mass is 349 g/mol. The van der Waals surface area contributed by atoms with Crippen molar-refractivity contribution < 1.29 is 19.2 Å². The van der Waals surface area contributed by atoms with Crippen molar-refractivity contribution in [2.75, 3.05) is 31.6 Å². The van der Waals surface area contributed by atoms with Crippen molar-refractivity contribution in [2.45, 2.75) is 38.1 Å². The molecular formula is C17H23N3O5. The van der Waals surface area contributed by atoms with Gasteiger partial charge in [-0.25, -0.2) is 0 Å². The molecule has 0 bridgehead atoms. The van der Waals surface area contributed by atoms with Crippen molar-refractivity contribution in [1.82, 2.24) is 4.90 Å². The van der Waals surface area contributed by atoms with Gasteiger partial charge in [0.2, 0.25) is 5.91 Å². The molecule has 1 amide bonds. The molecule has 0 unspecified atom stereocenters. The second-order valence-corrected chi connectivity index (χ2v) is 6.48. The Labute approximate surface area is 146 Å². The van der Waals surface area contributed by atoms with Crippen LogP contribution in [0, 0.1) is 10.1 Å². The van der Waals surface area contributed by atoms with Crippen LogP contribution in [-0.2, 0) is 14.3 Å². The lowest BCUT2D eigenvalue weighted by molar-refractivity contribution is -0.384. The maximum Gasteiger partial charge on any atom is 0.292 e. The van der Waals surface area contributed by atoms with Crippen molar-refractivity contribution in [3.8, 4) is 0 Å². The molecule has 25 heavy (non-hydrogen) atoms. The molecule has 1 aromatic rings. The highest BCUT2D eigenvalue weighted by molar-refractivity contribution is 5.77. The van der Waals surface area contributed by atoms with Crippen molar-refractivity contribution in [1.29, 1.82) is 0 Å². The lowest BCUT2D eigenvalue weighted by Crippen LogP contribution is -2.47. The minimum absolute atomic E-state index is 0.0134. The van der Waals surface area contributed by atoms with Gasteiger partial charge in [0.1, 0.15) is 5.69 Å². The number of benzene rings is 1. The molecule has 0 saturated carbocycles. The number of anilines is 1. The van der Waals surface area contributed by atoms with Crippen LogP contribution in [0.25, 0.3) is 0 Å². The number of amides is 1. The lowest BCUT2D eigenvalue weighted by Gasteiger charge is -2.37. The normalized spacial score (nSPS) is 22.1. The third kappa shape index (κ3) is 4.08. The summed E-state index contributed by atoms with van der Waals surface area (Å²) in [6.07, 6.45) is 1.76. The van der Waals surface area contributed by atoms with Gasteiger partial charge in [-0.1, -0.05) is 12.1 Å². The second kappa shape index (κ2) is 7.37. The van der Waals surface area contributed by atoms with Crippen LogP contribution in [0.5, 0.6) is 0 Å². The second-order valence-electron chi connectivity index (χ2n) is 6.48. The Kier molecular flexibility index (Phi) is 5.19. The zero-order valence-corrected chi connectivity index (χ0v) is 14.3. The number of nitro groups is 1. The van der Waals surface area contributed by atoms with Gasteiger partial charge >= 0.3 is 0 Å². The largest absolute Gasteiger partial charge is 0.379 e. The maximum absolute atomic E-state index is 12.3. The van der Waals surface area contributed by atoms with Gasteiger partial charge in [0, 0.05) is 45.0 Å². The third-order valence-electron chi connectivity index (χ3n) is 4.63. The Hall–Kier alpha value is -2.19. The summed E-state index contributed by atoms with van der Waals surface area (Å²) in [5.74, 6) is -0.481. The number of nitrogens with one attached hydrogen (secondary N) is 1. The molecule has 8 heteroatoms. The highest BCUT2D eigenvalue weighted by atomic mass is 16.7. The molecule has 0 aliphatic carbocycles. The summed E-state index contributed by atoms with van der Waals surface area (Å²) in [4.78, 5) is 24.7. The first-order chi connectivity index (χ1) is 12.0. The zero-order valence-electron chi connectivity index (χ0n) is 14.3. The molecule has 136 valence electrons. The van der Waals surface area contributed by atoms with E-state index in [-0.39, 0.29) is 24.1 Å². The molecule has 2 aliphatic heterocycles. The van der Waals surface area contributed by atoms with E-state index in [0.717, 1.165) is 0 Å². The number of nitro benzene ring substituents is 1. The molecule has 2 fully saturated rings. The van der Waals surface area contributed by atoms with Gasteiger partial charge in [-0.3, -0.25) is 14.9 Å². The SMILES string of the molecule is C[C@@H]1COC2(CCN(C(=O)CCNc3ccccc3[N+](=O)[O-])CC2)O1. The number of piperidine rings is 1. The van der Waals surface area contributed by atoms with Crippen LogP contribution in [0.2, 0.25) is 0 Å². The van der Waals surface area contributed by atoms with E-state index in [2.05, 4.69) is 5.32 Å². The number of likely N-dealkylation sites (tertiary alicyclic amines) is 1. The lowest BCUT2D eigenvalue weighted by atomic mass is 10.0. The van der Waals surface area contributed by atoms with Gasteiger partial charge in [0.05, 0.1) is 17.6 Å². The fourth-order valence-electron chi connectivity index (χ4n) is 3.31. The summed E-state index contributed by atoms with van der Waals surface area (Å²) < 4.78 is 11.6. The molecule has 2 saturated heterocycles. The number of carbonyl (C=O) groups is 1. The number of ether oxygens (including phenoxy) is 2. The fourth-order valence-corrected chi connectivity index (χ4v) is 3.31. The Morgan fingerprint density at radius 3 is 2.76 bits per heavy atom. The fraction of sp³-hybridized carbons (Fsp3) is 0.588. The molecule has 0 radical (unpaired) electrons. The minimum atomic E-state index is -0.515. The molecular weight excluding hydrogens is 326 g/mol. The average Bonchev–Trinajstić information content (AvgIpc) is 2.96. The Morgan fingerprint density at radius 2 is 2.12 bits per heavy atom. The van der Waals surface area contributed by atoms with E-state index < -0.39 is 10.7 Å². The predicted octanol–water partition coefficient (Wildman–Crippen LogP) is 2.15. The first-order valence-electron chi connectivity index (χ1n) is 8.56. The van der Waals surface area contributed by atoms with E-state index in [0.29, 0.717) is 44.8 Å². The molecule has 2 aliphatic rings. The maximum atomic E-state index is 12.3. The average molecular weight is 349 g/mol. The van der Waals surface area contributed by atoms with Gasteiger partial charge in [0.15, 0.2) is 5.79 Å². The van der Waals surface area contributed by atoms with Gasteiger partial charge < -0.3 is 19.7 Å². The van der Waals surface area contributed by atoms with E-state index in [9.17, 15) is 14.9 Å². The topological polar surface area (TPSA) is 93.9 Å². The first kappa shape index (κ1) is 17.6. The molecule has 0 aromatic heterocycles. The smallest absolute Gasteiger partial charge is 0.292 e. The van der Waals surface area contributed by atoms with Crippen LogP contribution in [-0.4, -0.2) is 53.9 Å². The molecule has 1 aromatic carbocycles. The van der Waals surface area contributed by atoms with Crippen LogP contribution >= 0.6 is 0 Å². The van der Waals surface area contributed by atoms with Crippen LogP contribution in [0.3, 0.4) is 0 Å². The Morgan fingerprint density at radius 1 is 1.40 bits per heavy atom. The highest BCUT2D eigenvalue weighted by Crippen LogP contribution is 2.34. The number of para-hydroxylation sites is 2. The van der Waals surface area contributed by atoms with Crippen molar-refractivity contribution in [3.05, 3.63) is 34.4 Å². The van der Waals surface area contributed by atoms with E-state index in [1.165, 1.54) is 6.07 Å². The molecule has 1 spiro atoms. The summed E-state index contributed by atoms with van der Waals surface area (Å²) in [6, 6.07) is 6.43. The van der Waals surface area contributed by atoms with Gasteiger partial charge in [-0.05, 0) is 13.0 Å². The molecule has 8 nitrogen and oxygen atoms in total. The molecule has 1 atom stereocenters. The Balaban J connectivity index is 1.46. The zero-order chi connectivity index (χ0) is 17.9. The number of hydrogen-bond acceptors (Lipinski definition) is 6. The van der Waals surface area contributed by atoms with E-state index in [1.54, 1.807) is 18.2 Å². The number of carbonyl (C=O) groups excluding carboxylic acids is 1. The van der Waals surface area contributed by atoms with E-state index in [1.807, 2.05) is 11.8 Å². The quantitative estimate of drug-likeness (QED) is 0.647. The summed E-state index contributed by atoms with van der Waals surface area (Å²) in [5, 5.41) is 14.0. The first-order valence-corrected chi connectivity index (χ1v) is 8.56. The van der Waals surface area contributed by atoms with E-state index >= 15 is 0 Å². The van der Waals surface area contributed by atoms with E-state index in [4.69, 9.17) is 9.47 Å².